The van der Waals surface area contributed by atoms with Crippen LogP contribution in [0, 0.1) is 11.3 Å². The third-order valence-electron chi connectivity index (χ3n) is 1.80. The van der Waals surface area contributed by atoms with E-state index in [0.29, 0.717) is 11.1 Å². The molecule has 1 rings (SSSR count). The van der Waals surface area contributed by atoms with Gasteiger partial charge in [-0.3, -0.25) is 4.98 Å². The summed E-state index contributed by atoms with van der Waals surface area (Å²) < 4.78 is 24.9. The van der Waals surface area contributed by atoms with Gasteiger partial charge in [0.2, 0.25) is 0 Å². The van der Waals surface area contributed by atoms with Crippen molar-refractivity contribution in [3.05, 3.63) is 29.1 Å². The van der Waals surface area contributed by atoms with Gasteiger partial charge in [-0.1, -0.05) is 15.9 Å². The van der Waals surface area contributed by atoms with E-state index in [9.17, 15) is 8.78 Å². The lowest BCUT2D eigenvalue weighted by Gasteiger charge is -2.08. The van der Waals surface area contributed by atoms with Crippen LogP contribution in [0.5, 0.6) is 0 Å². The molecule has 0 saturated carbocycles. The SMILES string of the molecule is N#CCc1ccnc(C(F)F)c1CBr. The second kappa shape index (κ2) is 5.01. The Kier molecular flexibility index (Phi) is 3.96. The maximum Gasteiger partial charge on any atom is 0.280 e. The topological polar surface area (TPSA) is 36.7 Å². The minimum atomic E-state index is -2.60. The number of halogens is 3. The highest BCUT2D eigenvalue weighted by Crippen LogP contribution is 2.25. The van der Waals surface area contributed by atoms with E-state index in [0.717, 1.165) is 0 Å². The average Bonchev–Trinajstić information content (AvgIpc) is 2.18. The first-order valence-electron chi connectivity index (χ1n) is 3.88. The monoisotopic (exact) mass is 260 g/mol. The van der Waals surface area contributed by atoms with E-state index in [2.05, 4.69) is 20.9 Å². The van der Waals surface area contributed by atoms with Crippen LogP contribution in [0.25, 0.3) is 0 Å². The summed E-state index contributed by atoms with van der Waals surface area (Å²) in [4.78, 5) is 3.60. The molecule has 0 radical (unpaired) electrons. The van der Waals surface area contributed by atoms with Crippen LogP contribution in [0.1, 0.15) is 23.2 Å². The lowest BCUT2D eigenvalue weighted by atomic mass is 10.1. The Morgan fingerprint density at radius 3 is 2.79 bits per heavy atom. The number of nitriles is 1. The van der Waals surface area contributed by atoms with Gasteiger partial charge in [0.25, 0.3) is 6.43 Å². The summed E-state index contributed by atoms with van der Waals surface area (Å²) in [5.74, 6) is 0. The molecule has 14 heavy (non-hydrogen) atoms. The number of aromatic nitrogens is 1. The third kappa shape index (κ3) is 2.26. The van der Waals surface area contributed by atoms with Crippen LogP contribution >= 0.6 is 15.9 Å². The summed E-state index contributed by atoms with van der Waals surface area (Å²) in [7, 11) is 0. The summed E-state index contributed by atoms with van der Waals surface area (Å²) in [6.45, 7) is 0. The van der Waals surface area contributed by atoms with Crippen molar-refractivity contribution in [2.75, 3.05) is 0 Å². The minimum absolute atomic E-state index is 0.128. The summed E-state index contributed by atoms with van der Waals surface area (Å²) in [5.41, 5.74) is 0.786. The molecule has 0 unspecified atom stereocenters. The van der Waals surface area contributed by atoms with Crippen LogP contribution in [-0.4, -0.2) is 4.98 Å². The van der Waals surface area contributed by atoms with Gasteiger partial charge in [-0.25, -0.2) is 8.78 Å². The Hall–Kier alpha value is -1.02. The van der Waals surface area contributed by atoms with Gasteiger partial charge in [-0.2, -0.15) is 5.26 Å². The molecule has 1 aromatic heterocycles. The van der Waals surface area contributed by atoms with Crippen LogP contribution in [0.4, 0.5) is 8.78 Å². The fourth-order valence-electron chi connectivity index (χ4n) is 1.14. The molecular formula is C9H7BrF2N2. The number of hydrogen-bond acceptors (Lipinski definition) is 2. The van der Waals surface area contributed by atoms with Crippen molar-refractivity contribution in [3.63, 3.8) is 0 Å². The van der Waals surface area contributed by atoms with Gasteiger partial charge >= 0.3 is 0 Å². The predicted octanol–water partition coefficient (Wildman–Crippen LogP) is 2.98. The van der Waals surface area contributed by atoms with Crippen molar-refractivity contribution < 1.29 is 8.78 Å². The van der Waals surface area contributed by atoms with E-state index < -0.39 is 6.43 Å². The Labute approximate surface area is 88.7 Å². The fraction of sp³-hybridized carbons (Fsp3) is 0.333. The molecule has 0 amide bonds. The molecule has 0 atom stereocenters. The molecule has 0 bridgehead atoms. The zero-order chi connectivity index (χ0) is 10.6. The number of rotatable bonds is 3. The van der Waals surface area contributed by atoms with Crippen LogP contribution in [0.15, 0.2) is 12.3 Å². The number of alkyl halides is 3. The minimum Gasteiger partial charge on any atom is -0.255 e. The fourth-order valence-corrected chi connectivity index (χ4v) is 1.79. The van der Waals surface area contributed by atoms with E-state index in [1.165, 1.54) is 6.20 Å². The van der Waals surface area contributed by atoms with Crippen LogP contribution in [-0.2, 0) is 11.8 Å². The van der Waals surface area contributed by atoms with E-state index in [1.54, 1.807) is 6.07 Å². The molecular weight excluding hydrogens is 254 g/mol. The van der Waals surface area contributed by atoms with Crippen molar-refractivity contribution in [2.45, 2.75) is 18.2 Å². The van der Waals surface area contributed by atoms with E-state index in [-0.39, 0.29) is 17.4 Å². The lowest BCUT2D eigenvalue weighted by molar-refractivity contribution is 0.145. The Morgan fingerprint density at radius 1 is 1.57 bits per heavy atom. The molecule has 0 aliphatic heterocycles. The van der Waals surface area contributed by atoms with Crippen molar-refractivity contribution >= 4 is 15.9 Å². The molecule has 0 fully saturated rings. The Bertz CT molecular complexity index is 360. The normalized spacial score (nSPS) is 10.2. The third-order valence-corrected chi connectivity index (χ3v) is 2.36. The highest BCUT2D eigenvalue weighted by Gasteiger charge is 2.16. The molecule has 0 spiro atoms. The average molecular weight is 261 g/mol. The molecule has 74 valence electrons. The number of nitrogens with zero attached hydrogens (tertiary/aromatic N) is 2. The van der Waals surface area contributed by atoms with E-state index >= 15 is 0 Å². The van der Waals surface area contributed by atoms with Crippen LogP contribution < -0.4 is 0 Å². The summed E-state index contributed by atoms with van der Waals surface area (Å²) in [5, 5.41) is 8.79. The van der Waals surface area contributed by atoms with Gasteiger partial charge in [0.05, 0.1) is 12.5 Å². The van der Waals surface area contributed by atoms with Crippen molar-refractivity contribution in [1.82, 2.24) is 4.98 Å². The molecule has 0 aromatic carbocycles. The standard InChI is InChI=1S/C9H7BrF2N2/c10-5-7-6(1-3-13)2-4-14-8(7)9(11)12/h2,4,9H,1,5H2. The van der Waals surface area contributed by atoms with Crippen LogP contribution in [0.3, 0.4) is 0 Å². The first kappa shape index (κ1) is 11.1. The van der Waals surface area contributed by atoms with Gasteiger partial charge in [-0.05, 0) is 17.2 Å². The lowest BCUT2D eigenvalue weighted by Crippen LogP contribution is -2.01. The van der Waals surface area contributed by atoms with Gasteiger partial charge in [0, 0.05) is 11.5 Å². The van der Waals surface area contributed by atoms with Crippen molar-refractivity contribution in [3.8, 4) is 6.07 Å². The number of pyridine rings is 1. The molecule has 5 heteroatoms. The molecule has 1 aromatic rings. The molecule has 1 heterocycles. The van der Waals surface area contributed by atoms with Crippen molar-refractivity contribution in [2.24, 2.45) is 0 Å². The quantitative estimate of drug-likeness (QED) is 0.784. The largest absolute Gasteiger partial charge is 0.280 e. The highest BCUT2D eigenvalue weighted by atomic mass is 79.9. The first-order valence-corrected chi connectivity index (χ1v) is 5.00. The maximum absolute atomic E-state index is 12.5. The van der Waals surface area contributed by atoms with E-state index in [1.807, 2.05) is 6.07 Å². The second-order valence-electron chi connectivity index (χ2n) is 2.60. The van der Waals surface area contributed by atoms with E-state index in [4.69, 9.17) is 5.26 Å². The molecule has 2 nitrogen and oxygen atoms in total. The Morgan fingerprint density at radius 2 is 2.29 bits per heavy atom. The summed E-state index contributed by atoms with van der Waals surface area (Å²) in [6, 6.07) is 3.52. The predicted molar refractivity (Wildman–Crippen MR) is 51.1 cm³/mol. The number of hydrogen-bond donors (Lipinski definition) is 0. The smallest absolute Gasteiger partial charge is 0.255 e. The maximum atomic E-state index is 12.5. The summed E-state index contributed by atoms with van der Waals surface area (Å²) in [6.07, 6.45) is -1.16. The molecule has 0 aliphatic carbocycles. The van der Waals surface area contributed by atoms with Gasteiger partial charge in [0.15, 0.2) is 0 Å². The van der Waals surface area contributed by atoms with Crippen molar-refractivity contribution in [1.29, 1.82) is 5.26 Å². The molecule has 0 aliphatic rings. The summed E-state index contributed by atoms with van der Waals surface area (Å²) >= 11 is 3.11. The Balaban J connectivity index is 3.19. The highest BCUT2D eigenvalue weighted by molar-refractivity contribution is 9.08. The zero-order valence-corrected chi connectivity index (χ0v) is 8.76. The first-order chi connectivity index (χ1) is 6.70. The second-order valence-corrected chi connectivity index (χ2v) is 3.16. The zero-order valence-electron chi connectivity index (χ0n) is 7.17. The molecule has 0 N–H and O–H groups in total. The molecule has 0 saturated heterocycles. The van der Waals surface area contributed by atoms with Gasteiger partial charge in [-0.15, -0.1) is 0 Å². The van der Waals surface area contributed by atoms with Crippen LogP contribution in [0.2, 0.25) is 0 Å². The van der Waals surface area contributed by atoms with Gasteiger partial charge in [0.1, 0.15) is 5.69 Å². The van der Waals surface area contributed by atoms with Gasteiger partial charge < -0.3 is 0 Å².